The van der Waals surface area contributed by atoms with Crippen LogP contribution >= 0.6 is 0 Å². The number of carbonyl (C=O) groups excluding carboxylic acids is 2. The molecule has 1 N–H and O–H groups in total. The average Bonchev–Trinajstić information content (AvgIpc) is 2.58. The Labute approximate surface area is 143 Å². The lowest BCUT2D eigenvalue weighted by Gasteiger charge is -2.32. The third-order valence-corrected chi connectivity index (χ3v) is 4.34. The molecule has 0 aromatic heterocycles. The Kier molecular flexibility index (Phi) is 6.39. The maximum Gasteiger partial charge on any atom is 0.471 e. The molecule has 1 aromatic carbocycles. The molecule has 1 aromatic rings. The summed E-state index contributed by atoms with van der Waals surface area (Å²) >= 11 is 0. The maximum atomic E-state index is 13.5. The lowest BCUT2D eigenvalue weighted by atomic mass is 9.96. The van der Waals surface area contributed by atoms with Gasteiger partial charge >= 0.3 is 12.1 Å². The van der Waals surface area contributed by atoms with E-state index in [9.17, 15) is 27.2 Å². The average molecular weight is 360 g/mol. The van der Waals surface area contributed by atoms with Crippen molar-refractivity contribution in [2.75, 3.05) is 19.6 Å². The second-order valence-corrected chi connectivity index (χ2v) is 6.12. The number of aryl methyl sites for hydroxylation is 1. The predicted molar refractivity (Wildman–Crippen MR) is 83.1 cm³/mol. The van der Waals surface area contributed by atoms with Crippen molar-refractivity contribution in [1.29, 1.82) is 0 Å². The molecule has 0 bridgehead atoms. The van der Waals surface area contributed by atoms with Crippen LogP contribution in [-0.2, 0) is 16.0 Å². The lowest BCUT2D eigenvalue weighted by molar-refractivity contribution is -0.173. The second-order valence-electron chi connectivity index (χ2n) is 6.12. The summed E-state index contributed by atoms with van der Waals surface area (Å²) in [5.74, 6) is -2.45. The number of carbonyl (C=O) groups is 2. The van der Waals surface area contributed by atoms with Gasteiger partial charge in [0.05, 0.1) is 0 Å². The maximum absolute atomic E-state index is 13.5. The third kappa shape index (κ3) is 5.72. The number of piperidine rings is 1. The SMILES string of the molecule is O=C(CCc1ccccc1F)N1CCC(CNC(=O)C(F)(F)F)CC1. The minimum Gasteiger partial charge on any atom is -0.348 e. The van der Waals surface area contributed by atoms with Crippen LogP contribution in [0.1, 0.15) is 24.8 Å². The first-order valence-electron chi connectivity index (χ1n) is 8.13. The Morgan fingerprint density at radius 1 is 1.16 bits per heavy atom. The fourth-order valence-corrected chi connectivity index (χ4v) is 2.82. The molecule has 1 fully saturated rings. The van der Waals surface area contributed by atoms with Gasteiger partial charge in [-0.25, -0.2) is 4.39 Å². The second kappa shape index (κ2) is 8.31. The van der Waals surface area contributed by atoms with Gasteiger partial charge in [-0.2, -0.15) is 13.2 Å². The number of alkyl halides is 3. The standard InChI is InChI=1S/C17H20F4N2O2/c18-14-4-2-1-3-13(14)5-6-15(24)23-9-7-12(8-10-23)11-22-16(25)17(19,20)21/h1-4,12H,5-11H2,(H,22,25). The summed E-state index contributed by atoms with van der Waals surface area (Å²) in [6, 6.07) is 6.28. The van der Waals surface area contributed by atoms with Crippen LogP contribution in [0.3, 0.4) is 0 Å². The molecule has 1 saturated heterocycles. The molecule has 1 aliphatic rings. The molecule has 1 heterocycles. The summed E-state index contributed by atoms with van der Waals surface area (Å²) < 4.78 is 49.9. The quantitative estimate of drug-likeness (QED) is 0.821. The van der Waals surface area contributed by atoms with E-state index in [1.54, 1.807) is 23.1 Å². The van der Waals surface area contributed by atoms with Gasteiger partial charge in [0.2, 0.25) is 5.91 Å². The molecule has 8 heteroatoms. The summed E-state index contributed by atoms with van der Waals surface area (Å²) in [6.07, 6.45) is -3.31. The highest BCUT2D eigenvalue weighted by molar-refractivity contribution is 5.81. The van der Waals surface area contributed by atoms with E-state index in [4.69, 9.17) is 0 Å². The fraction of sp³-hybridized carbons (Fsp3) is 0.529. The van der Waals surface area contributed by atoms with E-state index in [2.05, 4.69) is 0 Å². The predicted octanol–water partition coefficient (Wildman–Crippen LogP) is 2.68. The highest BCUT2D eigenvalue weighted by Crippen LogP contribution is 2.19. The summed E-state index contributed by atoms with van der Waals surface area (Å²) in [7, 11) is 0. The van der Waals surface area contributed by atoms with Crippen molar-refractivity contribution in [1.82, 2.24) is 10.2 Å². The summed E-state index contributed by atoms with van der Waals surface area (Å²) in [6.45, 7) is 0.820. The third-order valence-electron chi connectivity index (χ3n) is 4.34. The summed E-state index contributed by atoms with van der Waals surface area (Å²) in [5.41, 5.74) is 0.487. The van der Waals surface area contributed by atoms with Crippen LogP contribution in [0.15, 0.2) is 24.3 Å². The normalized spacial score (nSPS) is 15.9. The zero-order valence-electron chi connectivity index (χ0n) is 13.6. The van der Waals surface area contributed by atoms with Gasteiger partial charge in [-0.1, -0.05) is 18.2 Å². The number of amides is 2. The Balaban J connectivity index is 1.71. The summed E-state index contributed by atoms with van der Waals surface area (Å²) in [4.78, 5) is 24.6. The van der Waals surface area contributed by atoms with E-state index in [1.807, 2.05) is 5.32 Å². The van der Waals surface area contributed by atoms with E-state index in [-0.39, 0.29) is 30.6 Å². The van der Waals surface area contributed by atoms with Gasteiger partial charge in [0, 0.05) is 26.1 Å². The number of nitrogens with one attached hydrogen (secondary N) is 1. The molecule has 138 valence electrons. The van der Waals surface area contributed by atoms with Gasteiger partial charge in [0.15, 0.2) is 0 Å². The van der Waals surface area contributed by atoms with Gasteiger partial charge in [-0.3, -0.25) is 9.59 Å². The number of halogens is 4. The van der Waals surface area contributed by atoms with Crippen molar-refractivity contribution in [3.8, 4) is 0 Å². The number of nitrogens with zero attached hydrogens (tertiary/aromatic N) is 1. The van der Waals surface area contributed by atoms with Crippen molar-refractivity contribution < 1.29 is 27.2 Å². The Morgan fingerprint density at radius 3 is 2.40 bits per heavy atom. The largest absolute Gasteiger partial charge is 0.471 e. The number of hydrogen-bond donors (Lipinski definition) is 1. The van der Waals surface area contributed by atoms with Crippen LogP contribution in [0.25, 0.3) is 0 Å². The van der Waals surface area contributed by atoms with Crippen molar-refractivity contribution in [2.45, 2.75) is 31.9 Å². The van der Waals surface area contributed by atoms with E-state index in [0.717, 1.165) is 0 Å². The Hall–Kier alpha value is -2.12. The van der Waals surface area contributed by atoms with E-state index in [0.29, 0.717) is 37.9 Å². The van der Waals surface area contributed by atoms with Gasteiger partial charge in [0.1, 0.15) is 5.82 Å². The molecule has 2 amide bonds. The Bertz CT molecular complexity index is 611. The molecular formula is C17H20F4N2O2. The minimum atomic E-state index is -4.87. The molecular weight excluding hydrogens is 340 g/mol. The highest BCUT2D eigenvalue weighted by atomic mass is 19.4. The molecule has 0 radical (unpaired) electrons. The van der Waals surface area contributed by atoms with Crippen molar-refractivity contribution in [3.05, 3.63) is 35.6 Å². The molecule has 25 heavy (non-hydrogen) atoms. The monoisotopic (exact) mass is 360 g/mol. The van der Waals surface area contributed by atoms with Crippen LogP contribution < -0.4 is 5.32 Å². The molecule has 0 saturated carbocycles. The molecule has 1 aliphatic heterocycles. The number of hydrogen-bond acceptors (Lipinski definition) is 2. The fourth-order valence-electron chi connectivity index (χ4n) is 2.82. The van der Waals surface area contributed by atoms with Crippen LogP contribution in [0.4, 0.5) is 17.6 Å². The van der Waals surface area contributed by atoms with Crippen LogP contribution in [0.5, 0.6) is 0 Å². The van der Waals surface area contributed by atoms with E-state index >= 15 is 0 Å². The highest BCUT2D eigenvalue weighted by Gasteiger charge is 2.38. The molecule has 0 atom stereocenters. The zero-order valence-corrected chi connectivity index (χ0v) is 13.6. The Morgan fingerprint density at radius 2 is 1.80 bits per heavy atom. The van der Waals surface area contributed by atoms with Crippen LogP contribution in [0, 0.1) is 11.7 Å². The molecule has 0 aliphatic carbocycles. The lowest BCUT2D eigenvalue weighted by Crippen LogP contribution is -2.44. The van der Waals surface area contributed by atoms with Crippen LogP contribution in [0.2, 0.25) is 0 Å². The van der Waals surface area contributed by atoms with Gasteiger partial charge in [0.25, 0.3) is 0 Å². The summed E-state index contributed by atoms with van der Waals surface area (Å²) in [5, 5.41) is 1.88. The van der Waals surface area contributed by atoms with Gasteiger partial charge in [-0.05, 0) is 36.8 Å². The first-order valence-corrected chi connectivity index (χ1v) is 8.13. The van der Waals surface area contributed by atoms with Crippen molar-refractivity contribution in [3.63, 3.8) is 0 Å². The van der Waals surface area contributed by atoms with Crippen molar-refractivity contribution in [2.24, 2.45) is 5.92 Å². The van der Waals surface area contributed by atoms with Crippen molar-refractivity contribution >= 4 is 11.8 Å². The van der Waals surface area contributed by atoms with Gasteiger partial charge < -0.3 is 10.2 Å². The molecule has 2 rings (SSSR count). The number of benzene rings is 1. The number of rotatable bonds is 5. The van der Waals surface area contributed by atoms with E-state index in [1.165, 1.54) is 6.07 Å². The molecule has 0 spiro atoms. The first-order chi connectivity index (χ1) is 11.8. The zero-order chi connectivity index (χ0) is 18.4. The first kappa shape index (κ1) is 19.2. The molecule has 4 nitrogen and oxygen atoms in total. The topological polar surface area (TPSA) is 49.4 Å². The van der Waals surface area contributed by atoms with Gasteiger partial charge in [-0.15, -0.1) is 0 Å². The number of likely N-dealkylation sites (tertiary alicyclic amines) is 1. The van der Waals surface area contributed by atoms with E-state index < -0.39 is 12.1 Å². The smallest absolute Gasteiger partial charge is 0.348 e. The minimum absolute atomic E-state index is 0.0460. The molecule has 0 unspecified atom stereocenters. The van der Waals surface area contributed by atoms with Crippen LogP contribution in [-0.4, -0.2) is 42.5 Å².